The number of carbonyl (C=O) groups is 1. The Morgan fingerprint density at radius 3 is 2.74 bits per heavy atom. The zero-order chi connectivity index (χ0) is 17.5. The molecule has 9 heteroatoms. The standard InChI is InChI=1S/C14H12F4N2O3/c1-2-22-12(21)9(7-19)8-20-10-4-3-5-11(6-10)23-14(17,18)13(15)16/h3-6,8,13,20H,2H2,1H3. The molecule has 0 atom stereocenters. The van der Waals surface area contributed by atoms with Crippen LogP contribution in [0.5, 0.6) is 5.75 Å². The van der Waals surface area contributed by atoms with Crippen LogP contribution in [0.3, 0.4) is 0 Å². The molecule has 0 bridgehead atoms. The summed E-state index contributed by atoms with van der Waals surface area (Å²) in [4.78, 5) is 11.4. The fourth-order valence-corrected chi connectivity index (χ4v) is 1.35. The van der Waals surface area contributed by atoms with Crippen LogP contribution in [0.1, 0.15) is 6.92 Å². The molecule has 1 aromatic rings. The van der Waals surface area contributed by atoms with Crippen molar-refractivity contribution in [3.05, 3.63) is 36.0 Å². The number of hydrogen-bond acceptors (Lipinski definition) is 5. The van der Waals surface area contributed by atoms with Gasteiger partial charge in [-0.05, 0) is 19.1 Å². The number of nitrogens with one attached hydrogen (secondary N) is 1. The van der Waals surface area contributed by atoms with Gasteiger partial charge in [0.1, 0.15) is 11.8 Å². The summed E-state index contributed by atoms with van der Waals surface area (Å²) < 4.78 is 58.3. The molecule has 1 rings (SSSR count). The van der Waals surface area contributed by atoms with Crippen molar-refractivity contribution in [2.45, 2.75) is 19.5 Å². The van der Waals surface area contributed by atoms with Gasteiger partial charge in [-0.15, -0.1) is 0 Å². The molecule has 0 saturated carbocycles. The molecule has 1 N–H and O–H groups in total. The SMILES string of the molecule is CCOC(=O)C(C#N)=CNc1cccc(OC(F)(F)C(F)F)c1. The number of nitrogens with zero attached hydrogens (tertiary/aromatic N) is 1. The van der Waals surface area contributed by atoms with Crippen molar-refractivity contribution in [3.63, 3.8) is 0 Å². The minimum absolute atomic E-state index is 0.0733. The minimum atomic E-state index is -4.63. The monoisotopic (exact) mass is 332 g/mol. The van der Waals surface area contributed by atoms with Gasteiger partial charge in [0, 0.05) is 18.0 Å². The van der Waals surface area contributed by atoms with Gasteiger partial charge >= 0.3 is 18.5 Å². The Morgan fingerprint density at radius 1 is 1.48 bits per heavy atom. The topological polar surface area (TPSA) is 71.4 Å². The number of halogens is 4. The molecule has 0 aliphatic carbocycles. The summed E-state index contributed by atoms with van der Waals surface area (Å²) in [5, 5.41) is 11.3. The lowest BCUT2D eigenvalue weighted by Crippen LogP contribution is -2.33. The highest BCUT2D eigenvalue weighted by atomic mass is 19.3. The van der Waals surface area contributed by atoms with E-state index >= 15 is 0 Å². The number of carbonyl (C=O) groups excluding carboxylic acids is 1. The van der Waals surface area contributed by atoms with E-state index < -0.39 is 24.3 Å². The quantitative estimate of drug-likeness (QED) is 0.359. The van der Waals surface area contributed by atoms with Crippen molar-refractivity contribution >= 4 is 11.7 Å². The minimum Gasteiger partial charge on any atom is -0.462 e. The van der Waals surface area contributed by atoms with Crippen molar-refractivity contribution in [1.29, 1.82) is 5.26 Å². The lowest BCUT2D eigenvalue weighted by atomic mass is 10.3. The Kier molecular flexibility index (Phi) is 6.38. The molecule has 23 heavy (non-hydrogen) atoms. The first-order valence-corrected chi connectivity index (χ1v) is 6.29. The number of rotatable bonds is 7. The number of anilines is 1. The van der Waals surface area contributed by atoms with E-state index in [2.05, 4.69) is 14.8 Å². The zero-order valence-electron chi connectivity index (χ0n) is 11.9. The van der Waals surface area contributed by atoms with Crippen LogP contribution in [0.2, 0.25) is 0 Å². The van der Waals surface area contributed by atoms with Crippen LogP contribution < -0.4 is 10.1 Å². The van der Waals surface area contributed by atoms with E-state index in [9.17, 15) is 22.4 Å². The maximum absolute atomic E-state index is 12.8. The van der Waals surface area contributed by atoms with E-state index in [0.29, 0.717) is 0 Å². The van der Waals surface area contributed by atoms with E-state index in [1.54, 1.807) is 13.0 Å². The molecule has 0 aromatic heterocycles. The van der Waals surface area contributed by atoms with Gasteiger partial charge in [0.05, 0.1) is 6.61 Å². The van der Waals surface area contributed by atoms with E-state index in [0.717, 1.165) is 18.3 Å². The molecule has 0 spiro atoms. The Morgan fingerprint density at radius 2 is 2.17 bits per heavy atom. The Labute approximate surface area is 129 Å². The Balaban J connectivity index is 2.85. The van der Waals surface area contributed by atoms with E-state index in [4.69, 9.17) is 5.26 Å². The van der Waals surface area contributed by atoms with Gasteiger partial charge in [-0.3, -0.25) is 0 Å². The summed E-state index contributed by atoms with van der Waals surface area (Å²) in [6.07, 6.45) is -7.60. The number of benzene rings is 1. The van der Waals surface area contributed by atoms with Crippen molar-refractivity contribution in [2.24, 2.45) is 0 Å². The van der Waals surface area contributed by atoms with E-state index in [-0.39, 0.29) is 17.9 Å². The van der Waals surface area contributed by atoms with Crippen LogP contribution in [0, 0.1) is 11.3 Å². The normalized spacial score (nSPS) is 11.8. The smallest absolute Gasteiger partial charge is 0.461 e. The van der Waals surface area contributed by atoms with Crippen LogP contribution in [-0.4, -0.2) is 25.1 Å². The highest BCUT2D eigenvalue weighted by Crippen LogP contribution is 2.28. The summed E-state index contributed by atoms with van der Waals surface area (Å²) in [6.45, 7) is 1.63. The second-order valence-electron chi connectivity index (χ2n) is 4.03. The third-order valence-corrected chi connectivity index (χ3v) is 2.34. The average molecular weight is 332 g/mol. The molecule has 5 nitrogen and oxygen atoms in total. The van der Waals surface area contributed by atoms with Crippen molar-refractivity contribution < 1.29 is 31.8 Å². The highest BCUT2D eigenvalue weighted by molar-refractivity contribution is 5.93. The first kappa shape index (κ1) is 18.3. The molecule has 124 valence electrons. The third kappa shape index (κ3) is 5.50. The van der Waals surface area contributed by atoms with Crippen molar-refractivity contribution in [1.82, 2.24) is 0 Å². The predicted molar refractivity (Wildman–Crippen MR) is 72.0 cm³/mol. The maximum atomic E-state index is 12.8. The van der Waals surface area contributed by atoms with Crippen molar-refractivity contribution in [2.75, 3.05) is 11.9 Å². The second kappa shape index (κ2) is 8.03. The third-order valence-electron chi connectivity index (χ3n) is 2.34. The largest absolute Gasteiger partial charge is 0.462 e. The summed E-state index contributed by atoms with van der Waals surface area (Å²) in [6, 6.07) is 6.32. The fraction of sp³-hybridized carbons (Fsp3) is 0.286. The van der Waals surface area contributed by atoms with Gasteiger partial charge in [0.25, 0.3) is 0 Å². The summed E-state index contributed by atoms with van der Waals surface area (Å²) >= 11 is 0. The molecule has 0 fully saturated rings. The zero-order valence-corrected chi connectivity index (χ0v) is 11.9. The molecule has 0 heterocycles. The molecule has 0 saturated heterocycles. The van der Waals surface area contributed by atoms with Crippen molar-refractivity contribution in [3.8, 4) is 11.8 Å². The molecule has 0 amide bonds. The molecule has 0 radical (unpaired) electrons. The van der Waals surface area contributed by atoms with Gasteiger partial charge in [-0.2, -0.15) is 22.8 Å². The molecule has 1 aromatic carbocycles. The van der Waals surface area contributed by atoms with Gasteiger partial charge in [-0.1, -0.05) is 6.07 Å². The molecule has 0 aliphatic heterocycles. The van der Waals surface area contributed by atoms with E-state index in [1.165, 1.54) is 12.1 Å². The lowest BCUT2D eigenvalue weighted by Gasteiger charge is -2.17. The van der Waals surface area contributed by atoms with Gasteiger partial charge < -0.3 is 14.8 Å². The summed E-state index contributed by atoms with van der Waals surface area (Å²) in [7, 11) is 0. The van der Waals surface area contributed by atoms with Crippen LogP contribution >= 0.6 is 0 Å². The first-order valence-electron chi connectivity index (χ1n) is 6.29. The predicted octanol–water partition coefficient (Wildman–Crippen LogP) is 3.31. The lowest BCUT2D eigenvalue weighted by molar-refractivity contribution is -0.253. The maximum Gasteiger partial charge on any atom is 0.461 e. The highest BCUT2D eigenvalue weighted by Gasteiger charge is 2.43. The Bertz CT molecular complexity index is 627. The number of alkyl halides is 4. The molecular weight excluding hydrogens is 320 g/mol. The number of nitriles is 1. The van der Waals surface area contributed by atoms with Crippen LogP contribution in [-0.2, 0) is 9.53 Å². The number of esters is 1. The second-order valence-corrected chi connectivity index (χ2v) is 4.03. The van der Waals surface area contributed by atoms with Crippen LogP contribution in [0.15, 0.2) is 36.0 Å². The number of hydrogen-bond donors (Lipinski definition) is 1. The summed E-state index contributed by atoms with van der Waals surface area (Å²) in [5.41, 5.74) is -0.208. The average Bonchev–Trinajstić information content (AvgIpc) is 2.48. The fourth-order valence-electron chi connectivity index (χ4n) is 1.35. The van der Waals surface area contributed by atoms with E-state index in [1.807, 2.05) is 0 Å². The van der Waals surface area contributed by atoms with Gasteiger partial charge in [-0.25, -0.2) is 4.79 Å². The molecule has 0 aliphatic rings. The number of ether oxygens (including phenoxy) is 2. The summed E-state index contributed by atoms with van der Waals surface area (Å²) in [5.74, 6) is -1.37. The van der Waals surface area contributed by atoms with Crippen LogP contribution in [0.4, 0.5) is 23.2 Å². The van der Waals surface area contributed by atoms with Gasteiger partial charge in [0.2, 0.25) is 0 Å². The molecule has 0 unspecified atom stereocenters. The molecular formula is C14H12F4N2O3. The van der Waals surface area contributed by atoms with Crippen LogP contribution in [0.25, 0.3) is 0 Å². The first-order chi connectivity index (χ1) is 10.8. The Hall–Kier alpha value is -2.76. The van der Waals surface area contributed by atoms with Gasteiger partial charge in [0.15, 0.2) is 5.57 Å².